The van der Waals surface area contributed by atoms with Gasteiger partial charge in [-0.25, -0.2) is 5.43 Å². The highest BCUT2D eigenvalue weighted by Gasteiger charge is 2.04. The van der Waals surface area contributed by atoms with Gasteiger partial charge in [0, 0.05) is 0 Å². The summed E-state index contributed by atoms with van der Waals surface area (Å²) in [7, 11) is 0. The van der Waals surface area contributed by atoms with Crippen LogP contribution in [0.3, 0.4) is 0 Å². The van der Waals surface area contributed by atoms with Crippen molar-refractivity contribution in [3.63, 3.8) is 0 Å². The van der Waals surface area contributed by atoms with Gasteiger partial charge in [0.15, 0.2) is 6.61 Å². The Morgan fingerprint density at radius 3 is 2.59 bits per heavy atom. The molecular weight excluding hydrogens is 276 g/mol. The van der Waals surface area contributed by atoms with E-state index in [1.54, 1.807) is 0 Å². The summed E-state index contributed by atoms with van der Waals surface area (Å²) in [5.41, 5.74) is 5.47. The van der Waals surface area contributed by atoms with Crippen LogP contribution < -0.4 is 10.2 Å². The molecule has 0 aromatic heterocycles. The summed E-state index contributed by atoms with van der Waals surface area (Å²) in [4.78, 5) is 11.8. The molecular formula is C18H20N2O2. The van der Waals surface area contributed by atoms with Gasteiger partial charge in [-0.1, -0.05) is 49.4 Å². The molecule has 2 aromatic rings. The highest BCUT2D eigenvalue weighted by molar-refractivity contribution is 6.00. The third kappa shape index (κ3) is 4.74. The average molecular weight is 296 g/mol. The van der Waals surface area contributed by atoms with Crippen molar-refractivity contribution in [2.75, 3.05) is 6.61 Å². The number of ether oxygens (including phenoxy) is 1. The second kappa shape index (κ2) is 7.98. The monoisotopic (exact) mass is 296 g/mol. The van der Waals surface area contributed by atoms with Crippen LogP contribution in [0.15, 0.2) is 59.7 Å². The molecule has 0 saturated carbocycles. The summed E-state index contributed by atoms with van der Waals surface area (Å²) in [5.74, 6) is 0.404. The quantitative estimate of drug-likeness (QED) is 0.657. The molecule has 1 amide bonds. The first-order chi connectivity index (χ1) is 10.7. The number of hydrogen-bond donors (Lipinski definition) is 1. The molecule has 22 heavy (non-hydrogen) atoms. The summed E-state index contributed by atoms with van der Waals surface area (Å²) in [5, 5.41) is 4.18. The van der Waals surface area contributed by atoms with Crippen molar-refractivity contribution in [1.29, 1.82) is 0 Å². The summed E-state index contributed by atoms with van der Waals surface area (Å²) >= 11 is 0. The molecule has 0 saturated heterocycles. The lowest BCUT2D eigenvalue weighted by Crippen LogP contribution is -2.26. The van der Waals surface area contributed by atoms with E-state index in [1.807, 2.05) is 68.4 Å². The molecule has 0 radical (unpaired) electrons. The van der Waals surface area contributed by atoms with Crippen LogP contribution in [0.25, 0.3) is 0 Å². The van der Waals surface area contributed by atoms with Crippen LogP contribution in [0.4, 0.5) is 0 Å². The third-order valence-electron chi connectivity index (χ3n) is 3.12. The molecule has 0 atom stereocenters. The maximum absolute atomic E-state index is 11.8. The number of hydrogen-bond acceptors (Lipinski definition) is 3. The predicted molar refractivity (Wildman–Crippen MR) is 88.1 cm³/mol. The van der Waals surface area contributed by atoms with Crippen molar-refractivity contribution in [2.45, 2.75) is 20.3 Å². The maximum atomic E-state index is 11.8. The Morgan fingerprint density at radius 2 is 1.91 bits per heavy atom. The Morgan fingerprint density at radius 1 is 1.14 bits per heavy atom. The van der Waals surface area contributed by atoms with E-state index >= 15 is 0 Å². The van der Waals surface area contributed by atoms with Crippen LogP contribution in [0, 0.1) is 6.92 Å². The van der Waals surface area contributed by atoms with Gasteiger partial charge in [0.25, 0.3) is 5.91 Å². The SMILES string of the molecule is CCC(=NNC(=O)COc1cccc(C)c1)c1ccccc1. The normalized spacial score (nSPS) is 11.1. The zero-order valence-electron chi connectivity index (χ0n) is 12.9. The van der Waals surface area contributed by atoms with Crippen LogP contribution in [0.2, 0.25) is 0 Å². The number of hydrazone groups is 1. The molecule has 2 rings (SSSR count). The molecule has 0 aliphatic carbocycles. The molecule has 0 unspecified atom stereocenters. The number of aryl methyl sites for hydroxylation is 1. The van der Waals surface area contributed by atoms with Gasteiger partial charge in [-0.05, 0) is 36.6 Å². The molecule has 114 valence electrons. The minimum Gasteiger partial charge on any atom is -0.484 e. The van der Waals surface area contributed by atoms with Crippen molar-refractivity contribution >= 4 is 11.6 Å². The Labute approximate surface area is 130 Å². The van der Waals surface area contributed by atoms with E-state index in [0.29, 0.717) is 5.75 Å². The van der Waals surface area contributed by atoms with Crippen molar-refractivity contribution in [2.24, 2.45) is 5.10 Å². The van der Waals surface area contributed by atoms with E-state index in [4.69, 9.17) is 4.74 Å². The molecule has 0 spiro atoms. The fourth-order valence-corrected chi connectivity index (χ4v) is 1.99. The molecule has 0 bridgehead atoms. The number of rotatable bonds is 6. The van der Waals surface area contributed by atoms with Crippen molar-refractivity contribution < 1.29 is 9.53 Å². The summed E-state index contributed by atoms with van der Waals surface area (Å²) in [6.07, 6.45) is 0.739. The minimum absolute atomic E-state index is 0.0568. The number of benzene rings is 2. The standard InChI is InChI=1S/C18H20N2O2/c1-3-17(15-9-5-4-6-10-15)19-20-18(21)13-22-16-11-7-8-14(2)12-16/h4-12H,3,13H2,1-2H3,(H,20,21). The Kier molecular flexibility index (Phi) is 5.72. The Hall–Kier alpha value is -2.62. The van der Waals surface area contributed by atoms with E-state index < -0.39 is 0 Å². The van der Waals surface area contributed by atoms with Crippen molar-refractivity contribution in [3.8, 4) is 5.75 Å². The predicted octanol–water partition coefficient (Wildman–Crippen LogP) is 3.30. The number of carbonyl (C=O) groups is 1. The second-order valence-electron chi connectivity index (χ2n) is 4.92. The highest BCUT2D eigenvalue weighted by atomic mass is 16.5. The van der Waals surface area contributed by atoms with Gasteiger partial charge in [0.05, 0.1) is 5.71 Å². The number of carbonyl (C=O) groups excluding carboxylic acids is 1. The van der Waals surface area contributed by atoms with Crippen molar-refractivity contribution in [1.82, 2.24) is 5.43 Å². The molecule has 0 aliphatic heterocycles. The number of nitrogens with one attached hydrogen (secondary N) is 1. The van der Waals surface area contributed by atoms with Gasteiger partial charge in [-0.2, -0.15) is 5.10 Å². The van der Waals surface area contributed by atoms with E-state index in [-0.39, 0.29) is 12.5 Å². The molecule has 0 heterocycles. The smallest absolute Gasteiger partial charge is 0.277 e. The lowest BCUT2D eigenvalue weighted by molar-refractivity contribution is -0.123. The zero-order valence-corrected chi connectivity index (χ0v) is 12.9. The highest BCUT2D eigenvalue weighted by Crippen LogP contribution is 2.11. The Balaban J connectivity index is 1.90. The lowest BCUT2D eigenvalue weighted by Gasteiger charge is -2.07. The van der Waals surface area contributed by atoms with E-state index in [9.17, 15) is 4.79 Å². The summed E-state index contributed by atoms with van der Waals surface area (Å²) in [6, 6.07) is 17.4. The van der Waals surface area contributed by atoms with E-state index in [1.165, 1.54) is 0 Å². The summed E-state index contributed by atoms with van der Waals surface area (Å²) < 4.78 is 5.44. The molecule has 1 N–H and O–H groups in total. The van der Waals surface area contributed by atoms with E-state index in [0.717, 1.165) is 23.3 Å². The molecule has 0 fully saturated rings. The first kappa shape index (κ1) is 15.8. The number of amides is 1. The van der Waals surface area contributed by atoms with Gasteiger partial charge < -0.3 is 4.74 Å². The van der Waals surface area contributed by atoms with Crippen LogP contribution in [0.1, 0.15) is 24.5 Å². The zero-order chi connectivity index (χ0) is 15.8. The lowest BCUT2D eigenvalue weighted by atomic mass is 10.1. The van der Waals surface area contributed by atoms with Crippen LogP contribution >= 0.6 is 0 Å². The molecule has 4 heteroatoms. The van der Waals surface area contributed by atoms with Gasteiger partial charge in [-0.15, -0.1) is 0 Å². The van der Waals surface area contributed by atoms with Gasteiger partial charge >= 0.3 is 0 Å². The van der Waals surface area contributed by atoms with Crippen LogP contribution in [-0.4, -0.2) is 18.2 Å². The van der Waals surface area contributed by atoms with Gasteiger partial charge in [-0.3, -0.25) is 4.79 Å². The van der Waals surface area contributed by atoms with Crippen LogP contribution in [0.5, 0.6) is 5.75 Å². The molecule has 4 nitrogen and oxygen atoms in total. The average Bonchev–Trinajstić information content (AvgIpc) is 2.54. The van der Waals surface area contributed by atoms with Gasteiger partial charge in [0.1, 0.15) is 5.75 Å². The van der Waals surface area contributed by atoms with E-state index in [2.05, 4.69) is 10.5 Å². The summed E-state index contributed by atoms with van der Waals surface area (Å²) in [6.45, 7) is 3.92. The second-order valence-corrected chi connectivity index (χ2v) is 4.92. The maximum Gasteiger partial charge on any atom is 0.277 e. The first-order valence-corrected chi connectivity index (χ1v) is 7.29. The van der Waals surface area contributed by atoms with Gasteiger partial charge in [0.2, 0.25) is 0 Å². The Bertz CT molecular complexity index is 651. The molecule has 2 aromatic carbocycles. The largest absolute Gasteiger partial charge is 0.484 e. The van der Waals surface area contributed by atoms with Crippen LogP contribution in [-0.2, 0) is 4.79 Å². The minimum atomic E-state index is -0.275. The fraction of sp³-hybridized carbons (Fsp3) is 0.222. The fourth-order valence-electron chi connectivity index (χ4n) is 1.99. The first-order valence-electron chi connectivity index (χ1n) is 7.29. The molecule has 0 aliphatic rings. The third-order valence-corrected chi connectivity index (χ3v) is 3.12. The number of nitrogens with zero attached hydrogens (tertiary/aromatic N) is 1. The topological polar surface area (TPSA) is 50.7 Å². The van der Waals surface area contributed by atoms with Crippen molar-refractivity contribution in [3.05, 3.63) is 65.7 Å².